The van der Waals surface area contributed by atoms with Crippen molar-refractivity contribution in [1.82, 2.24) is 0 Å². The molecular formula is C60H50O16. The van der Waals surface area contributed by atoms with Gasteiger partial charge in [-0.1, -0.05) is 30.3 Å². The molecule has 8 aromatic rings. The summed E-state index contributed by atoms with van der Waals surface area (Å²) >= 11 is 0. The van der Waals surface area contributed by atoms with Crippen LogP contribution in [0.2, 0.25) is 0 Å². The fourth-order valence-corrected chi connectivity index (χ4v) is 12.3. The van der Waals surface area contributed by atoms with E-state index in [1.165, 1.54) is 101 Å². The second kappa shape index (κ2) is 18.1. The molecule has 8 aromatic carbocycles. The van der Waals surface area contributed by atoms with Gasteiger partial charge in [0.1, 0.15) is 46.0 Å². The number of hydrogen-bond donors (Lipinski definition) is 11. The van der Waals surface area contributed by atoms with Crippen LogP contribution in [0.3, 0.4) is 0 Å². The van der Waals surface area contributed by atoms with Gasteiger partial charge in [-0.15, -0.1) is 0 Å². The van der Waals surface area contributed by atoms with Gasteiger partial charge in [0, 0.05) is 76.1 Å². The zero-order chi connectivity index (χ0) is 53.6. The number of fused-ring (bicyclic) bond motifs is 8. The summed E-state index contributed by atoms with van der Waals surface area (Å²) in [6.07, 6.45) is 1.80. The molecule has 16 heteroatoms. The number of phenols is 11. The van der Waals surface area contributed by atoms with Gasteiger partial charge in [-0.2, -0.15) is 0 Å². The van der Waals surface area contributed by atoms with Crippen molar-refractivity contribution in [2.24, 2.45) is 0 Å². The zero-order valence-corrected chi connectivity index (χ0v) is 41.0. The molecule has 0 amide bonds. The van der Waals surface area contributed by atoms with Gasteiger partial charge in [0.2, 0.25) is 0 Å². The predicted molar refractivity (Wildman–Crippen MR) is 277 cm³/mol. The van der Waals surface area contributed by atoms with E-state index in [4.69, 9.17) is 23.7 Å². The van der Waals surface area contributed by atoms with E-state index in [9.17, 15) is 56.2 Å². The van der Waals surface area contributed by atoms with Crippen LogP contribution >= 0.6 is 0 Å². The first kappa shape index (κ1) is 48.6. The molecule has 11 rings (SSSR count). The molecule has 0 heterocycles. The van der Waals surface area contributed by atoms with Gasteiger partial charge < -0.3 is 79.9 Å². The quantitative estimate of drug-likeness (QED) is 0.0575. The second-order valence-electron chi connectivity index (χ2n) is 19.1. The standard InChI is InChI=1S/C60H50O16/c1-72-48-17-28(6-9-41(48)66)53-52(31-15-32(61)20-33(62)16-31)37(38-21-34(63)24-44(69)55(38)53)13-27-5-12-47(51(14-27)75-4)76-60-40-23-36(65)25-45(70)57(40)54(29-7-10-42(67)49(18-29)73-2)56(39-22-35(64)26-46(71)59(39)60)58(60)30-8-11-43(68)50(19-30)74-3/h5-26,52-54,56,58,61-71H,1-4H3/b37-13-/t52-,53+,54-,56+,58+,60?/m0/s1. The fourth-order valence-electron chi connectivity index (χ4n) is 12.3. The third-order valence-corrected chi connectivity index (χ3v) is 15.1. The Hall–Kier alpha value is -9.70. The normalized spacial score (nSPS) is 20.4. The number of rotatable bonds is 11. The van der Waals surface area contributed by atoms with E-state index in [-0.39, 0.29) is 109 Å². The molecule has 76 heavy (non-hydrogen) atoms. The molecule has 3 aliphatic rings. The van der Waals surface area contributed by atoms with Gasteiger partial charge >= 0.3 is 0 Å². The molecule has 0 aliphatic heterocycles. The third-order valence-electron chi connectivity index (χ3n) is 15.1. The van der Waals surface area contributed by atoms with Crippen molar-refractivity contribution < 1.29 is 79.9 Å². The lowest BCUT2D eigenvalue weighted by Gasteiger charge is -2.47. The van der Waals surface area contributed by atoms with Crippen LogP contribution in [0.5, 0.6) is 92.0 Å². The molecule has 2 bridgehead atoms. The molecule has 386 valence electrons. The van der Waals surface area contributed by atoms with Crippen molar-refractivity contribution in [2.45, 2.75) is 35.2 Å². The molecule has 0 saturated carbocycles. The molecular weight excluding hydrogens is 977 g/mol. The summed E-state index contributed by atoms with van der Waals surface area (Å²) in [6, 6.07) is 31.5. The smallest absolute Gasteiger partial charge is 0.171 e. The average molecular weight is 1030 g/mol. The van der Waals surface area contributed by atoms with E-state index in [1.54, 1.807) is 60.7 Å². The lowest BCUT2D eigenvalue weighted by atomic mass is 9.60. The summed E-state index contributed by atoms with van der Waals surface area (Å²) in [5.41, 5.74) is 3.09. The minimum atomic E-state index is -1.91. The van der Waals surface area contributed by atoms with Crippen molar-refractivity contribution in [3.05, 3.63) is 189 Å². The number of hydrogen-bond acceptors (Lipinski definition) is 16. The average Bonchev–Trinajstić information content (AvgIpc) is 4.03. The lowest BCUT2D eigenvalue weighted by Crippen LogP contribution is -2.44. The molecule has 0 saturated heterocycles. The molecule has 1 unspecified atom stereocenters. The first-order valence-corrected chi connectivity index (χ1v) is 23.9. The van der Waals surface area contributed by atoms with Crippen LogP contribution in [0.15, 0.2) is 127 Å². The van der Waals surface area contributed by atoms with Crippen molar-refractivity contribution in [2.75, 3.05) is 28.4 Å². The first-order chi connectivity index (χ1) is 36.5. The Labute approximate surface area is 434 Å². The van der Waals surface area contributed by atoms with Crippen LogP contribution in [-0.4, -0.2) is 84.6 Å². The van der Waals surface area contributed by atoms with E-state index < -0.39 is 35.2 Å². The number of ether oxygens (including phenoxy) is 5. The number of methoxy groups -OCH3 is 4. The Bertz CT molecular complexity index is 3700. The fraction of sp³-hybridized carbons (Fsp3) is 0.167. The number of phenolic OH excluding ortho intramolecular Hbond substituents is 11. The van der Waals surface area contributed by atoms with E-state index in [0.717, 1.165) is 0 Å². The van der Waals surface area contributed by atoms with Crippen LogP contribution in [0, 0.1) is 0 Å². The van der Waals surface area contributed by atoms with Gasteiger partial charge in [0.25, 0.3) is 0 Å². The highest BCUT2D eigenvalue weighted by molar-refractivity contribution is 5.93. The maximum atomic E-state index is 12.3. The summed E-state index contributed by atoms with van der Waals surface area (Å²) < 4.78 is 30.3. The predicted octanol–water partition coefficient (Wildman–Crippen LogP) is 10.3. The van der Waals surface area contributed by atoms with Crippen LogP contribution in [0.4, 0.5) is 0 Å². The van der Waals surface area contributed by atoms with E-state index >= 15 is 0 Å². The molecule has 0 aromatic heterocycles. The summed E-state index contributed by atoms with van der Waals surface area (Å²) in [5, 5.41) is 124. The molecule has 0 radical (unpaired) electrons. The summed E-state index contributed by atoms with van der Waals surface area (Å²) in [6.45, 7) is 0. The SMILES string of the molecule is COc1cc([C@@H]2c3c(O)cc(O)cc3C3(Oc4ccc(/C=C5/c6cc(O)cc(O)c6[C@H](c6ccc(O)c(OC)c6)[C@H]5c5cc(O)cc(O)c5)cc4OC)c4c(O)cc(O)cc4[C@H]2[C@H]3c2ccc(O)c(OC)c2)ccc1O. The number of aromatic hydroxyl groups is 11. The molecule has 6 atom stereocenters. The monoisotopic (exact) mass is 1030 g/mol. The van der Waals surface area contributed by atoms with Crippen LogP contribution in [-0.2, 0) is 5.60 Å². The van der Waals surface area contributed by atoms with E-state index in [0.29, 0.717) is 50.1 Å². The highest BCUT2D eigenvalue weighted by Gasteiger charge is 2.65. The molecule has 0 fully saturated rings. The topological polar surface area (TPSA) is 269 Å². The summed E-state index contributed by atoms with van der Waals surface area (Å²) in [4.78, 5) is 0. The maximum Gasteiger partial charge on any atom is 0.171 e. The van der Waals surface area contributed by atoms with Gasteiger partial charge in [-0.25, -0.2) is 0 Å². The minimum absolute atomic E-state index is 0.101. The molecule has 0 spiro atoms. The Morgan fingerprint density at radius 3 is 1.51 bits per heavy atom. The van der Waals surface area contributed by atoms with Gasteiger partial charge in [0.05, 0.1) is 28.4 Å². The van der Waals surface area contributed by atoms with E-state index in [2.05, 4.69) is 0 Å². The number of allylic oxidation sites excluding steroid dienone is 1. The van der Waals surface area contributed by atoms with Crippen molar-refractivity contribution in [3.8, 4) is 92.0 Å². The maximum absolute atomic E-state index is 12.3. The molecule has 16 nitrogen and oxygen atoms in total. The van der Waals surface area contributed by atoms with Crippen LogP contribution in [0.25, 0.3) is 11.6 Å². The van der Waals surface area contributed by atoms with Crippen molar-refractivity contribution in [1.29, 1.82) is 0 Å². The molecule has 11 N–H and O–H groups in total. The number of benzene rings is 8. The first-order valence-electron chi connectivity index (χ1n) is 23.9. The molecule has 3 aliphatic carbocycles. The van der Waals surface area contributed by atoms with Gasteiger partial charge in [-0.3, -0.25) is 0 Å². The van der Waals surface area contributed by atoms with Gasteiger partial charge in [0.15, 0.2) is 51.6 Å². The zero-order valence-electron chi connectivity index (χ0n) is 41.0. The summed E-state index contributed by atoms with van der Waals surface area (Å²) in [5.74, 6) is -6.26. The lowest BCUT2D eigenvalue weighted by molar-refractivity contribution is 0.0648. The Morgan fingerprint density at radius 1 is 0.395 bits per heavy atom. The Balaban J connectivity index is 1.15. The van der Waals surface area contributed by atoms with Gasteiger partial charge in [-0.05, 0) is 123 Å². The largest absolute Gasteiger partial charge is 0.508 e. The van der Waals surface area contributed by atoms with Crippen LogP contribution < -0.4 is 23.7 Å². The Kier molecular flexibility index (Phi) is 11.5. The van der Waals surface area contributed by atoms with Crippen LogP contribution in [0.1, 0.15) is 90.8 Å². The highest BCUT2D eigenvalue weighted by Crippen LogP contribution is 2.72. The second-order valence-corrected chi connectivity index (χ2v) is 19.1. The van der Waals surface area contributed by atoms with Crippen molar-refractivity contribution in [3.63, 3.8) is 0 Å². The minimum Gasteiger partial charge on any atom is -0.508 e. The van der Waals surface area contributed by atoms with E-state index in [1.807, 2.05) is 0 Å². The third kappa shape index (κ3) is 7.50. The Morgan fingerprint density at radius 2 is 0.908 bits per heavy atom. The van der Waals surface area contributed by atoms with Crippen molar-refractivity contribution >= 4 is 11.6 Å². The summed E-state index contributed by atoms with van der Waals surface area (Å²) in [7, 11) is 5.63. The highest BCUT2D eigenvalue weighted by atomic mass is 16.5.